The van der Waals surface area contributed by atoms with E-state index in [4.69, 9.17) is 0 Å². The van der Waals surface area contributed by atoms with Crippen LogP contribution >= 0.6 is 0 Å². The molecule has 0 aromatic heterocycles. The van der Waals surface area contributed by atoms with Gasteiger partial charge in [0, 0.05) is 24.1 Å². The van der Waals surface area contributed by atoms with Gasteiger partial charge in [-0.15, -0.1) is 0 Å². The number of nitrogens with one attached hydrogen (secondary N) is 2. The zero-order valence-corrected chi connectivity index (χ0v) is 11.3. The number of rotatable bonds is 5. The van der Waals surface area contributed by atoms with E-state index in [0.717, 1.165) is 24.2 Å². The summed E-state index contributed by atoms with van der Waals surface area (Å²) in [6.45, 7) is 3.74. The molecule has 0 atom stereocenters. The van der Waals surface area contributed by atoms with Gasteiger partial charge in [-0.1, -0.05) is 24.6 Å². The van der Waals surface area contributed by atoms with E-state index in [1.54, 1.807) is 0 Å². The number of carbonyl (C=O) groups excluding carboxylic acids is 1. The summed E-state index contributed by atoms with van der Waals surface area (Å²) in [7, 11) is 1.98. The number of aryl methyl sites for hydroxylation is 1. The van der Waals surface area contributed by atoms with Crippen LogP contribution in [0, 0.1) is 12.3 Å². The van der Waals surface area contributed by atoms with E-state index in [2.05, 4.69) is 10.6 Å². The van der Waals surface area contributed by atoms with E-state index in [-0.39, 0.29) is 11.3 Å². The Hall–Kier alpha value is -1.35. The number of amides is 1. The monoisotopic (exact) mass is 246 g/mol. The molecule has 1 aliphatic rings. The average molecular weight is 246 g/mol. The fourth-order valence-electron chi connectivity index (χ4n) is 2.66. The summed E-state index contributed by atoms with van der Waals surface area (Å²) in [6, 6.07) is 7.73. The van der Waals surface area contributed by atoms with E-state index < -0.39 is 0 Å². The summed E-state index contributed by atoms with van der Waals surface area (Å²) in [5.41, 5.74) is 2.11. The summed E-state index contributed by atoms with van der Waals surface area (Å²) < 4.78 is 0. The van der Waals surface area contributed by atoms with Gasteiger partial charge in [-0.25, -0.2) is 0 Å². The van der Waals surface area contributed by atoms with Crippen LogP contribution in [0.15, 0.2) is 24.3 Å². The lowest BCUT2D eigenvalue weighted by Crippen LogP contribution is -2.47. The first-order valence-corrected chi connectivity index (χ1v) is 6.65. The zero-order chi connectivity index (χ0) is 13.0. The highest BCUT2D eigenvalue weighted by molar-refractivity contribution is 5.95. The van der Waals surface area contributed by atoms with Gasteiger partial charge in [0.1, 0.15) is 0 Å². The van der Waals surface area contributed by atoms with Crippen molar-refractivity contribution in [3.8, 4) is 0 Å². The Labute approximate surface area is 109 Å². The normalized spacial score (nSPS) is 17.0. The van der Waals surface area contributed by atoms with Crippen molar-refractivity contribution in [3.05, 3.63) is 35.4 Å². The third kappa shape index (κ3) is 2.72. The maximum absolute atomic E-state index is 12.1. The maximum Gasteiger partial charge on any atom is 0.251 e. The summed E-state index contributed by atoms with van der Waals surface area (Å²) in [5.74, 6) is 0.0514. The minimum Gasteiger partial charge on any atom is -0.351 e. The largest absolute Gasteiger partial charge is 0.351 e. The highest BCUT2D eigenvalue weighted by atomic mass is 16.1. The van der Waals surface area contributed by atoms with Gasteiger partial charge in [-0.3, -0.25) is 4.79 Å². The van der Waals surface area contributed by atoms with E-state index in [1.807, 2.05) is 38.2 Å². The molecule has 1 fully saturated rings. The van der Waals surface area contributed by atoms with Crippen LogP contribution in [0.1, 0.15) is 35.2 Å². The molecule has 3 nitrogen and oxygen atoms in total. The fraction of sp³-hybridized carbons (Fsp3) is 0.533. The van der Waals surface area contributed by atoms with Crippen LogP contribution in [0.2, 0.25) is 0 Å². The number of hydrogen-bond acceptors (Lipinski definition) is 2. The summed E-state index contributed by atoms with van der Waals surface area (Å²) in [6.07, 6.45) is 3.70. The molecule has 0 unspecified atom stereocenters. The molecule has 1 aromatic rings. The minimum absolute atomic E-state index is 0.0514. The highest BCUT2D eigenvalue weighted by Crippen LogP contribution is 2.39. The number of carbonyl (C=O) groups is 1. The van der Waals surface area contributed by atoms with Crippen LogP contribution in [-0.2, 0) is 0 Å². The summed E-state index contributed by atoms with van der Waals surface area (Å²) >= 11 is 0. The SMILES string of the molecule is CNCC1(CNC(=O)c2ccccc2C)CCC1. The molecule has 1 amide bonds. The molecule has 2 rings (SSSR count). The van der Waals surface area contributed by atoms with E-state index in [9.17, 15) is 4.79 Å². The Morgan fingerprint density at radius 3 is 2.56 bits per heavy atom. The molecule has 0 aliphatic heterocycles. The Kier molecular flexibility index (Phi) is 4.02. The quantitative estimate of drug-likeness (QED) is 0.835. The molecule has 0 radical (unpaired) electrons. The molecule has 1 aromatic carbocycles. The van der Waals surface area contributed by atoms with E-state index in [0.29, 0.717) is 0 Å². The molecule has 1 aliphatic carbocycles. The van der Waals surface area contributed by atoms with Crippen LogP contribution in [0.3, 0.4) is 0 Å². The smallest absolute Gasteiger partial charge is 0.251 e. The van der Waals surface area contributed by atoms with Gasteiger partial charge < -0.3 is 10.6 Å². The van der Waals surface area contributed by atoms with Gasteiger partial charge in [-0.2, -0.15) is 0 Å². The van der Waals surface area contributed by atoms with Crippen molar-refractivity contribution >= 4 is 5.91 Å². The van der Waals surface area contributed by atoms with Gasteiger partial charge in [0.15, 0.2) is 0 Å². The molecule has 1 saturated carbocycles. The predicted molar refractivity (Wildman–Crippen MR) is 73.7 cm³/mol. The molecular weight excluding hydrogens is 224 g/mol. The molecule has 0 saturated heterocycles. The first-order chi connectivity index (χ1) is 8.67. The van der Waals surface area contributed by atoms with Crippen molar-refractivity contribution in [1.82, 2.24) is 10.6 Å². The van der Waals surface area contributed by atoms with Gasteiger partial charge in [0.05, 0.1) is 0 Å². The number of hydrogen-bond donors (Lipinski definition) is 2. The third-order valence-electron chi connectivity index (χ3n) is 3.98. The van der Waals surface area contributed by atoms with Crippen molar-refractivity contribution in [1.29, 1.82) is 0 Å². The topological polar surface area (TPSA) is 41.1 Å². The maximum atomic E-state index is 12.1. The van der Waals surface area contributed by atoms with Crippen LogP contribution in [0.4, 0.5) is 0 Å². The van der Waals surface area contributed by atoms with Crippen molar-refractivity contribution in [2.24, 2.45) is 5.41 Å². The molecule has 0 spiro atoms. The standard InChI is InChI=1S/C15H22N2O/c1-12-6-3-4-7-13(12)14(18)17-11-15(10-16-2)8-5-9-15/h3-4,6-7,16H,5,8-11H2,1-2H3,(H,17,18). The minimum atomic E-state index is 0.0514. The van der Waals surface area contributed by atoms with Gasteiger partial charge in [0.25, 0.3) is 5.91 Å². The molecule has 2 N–H and O–H groups in total. The fourth-order valence-corrected chi connectivity index (χ4v) is 2.66. The lowest BCUT2D eigenvalue weighted by atomic mass is 9.68. The zero-order valence-electron chi connectivity index (χ0n) is 11.3. The first-order valence-electron chi connectivity index (χ1n) is 6.65. The molecule has 18 heavy (non-hydrogen) atoms. The summed E-state index contributed by atoms with van der Waals surface area (Å²) in [5, 5.41) is 6.32. The van der Waals surface area contributed by atoms with Crippen molar-refractivity contribution < 1.29 is 4.79 Å². The molecule has 0 bridgehead atoms. The predicted octanol–water partition coefficient (Wildman–Crippen LogP) is 2.11. The van der Waals surface area contributed by atoms with Crippen LogP contribution in [0.25, 0.3) is 0 Å². The molecular formula is C15H22N2O. The third-order valence-corrected chi connectivity index (χ3v) is 3.98. The van der Waals surface area contributed by atoms with Gasteiger partial charge in [-0.05, 0) is 38.4 Å². The first kappa shape index (κ1) is 13.1. The van der Waals surface area contributed by atoms with Gasteiger partial charge in [0.2, 0.25) is 0 Å². The molecule has 98 valence electrons. The summed E-state index contributed by atoms with van der Waals surface area (Å²) in [4.78, 5) is 12.1. The van der Waals surface area contributed by atoms with E-state index in [1.165, 1.54) is 19.3 Å². The molecule has 0 heterocycles. The highest BCUT2D eigenvalue weighted by Gasteiger charge is 2.36. The second kappa shape index (κ2) is 5.53. The van der Waals surface area contributed by atoms with Crippen LogP contribution in [-0.4, -0.2) is 26.0 Å². The second-order valence-corrected chi connectivity index (χ2v) is 5.38. The van der Waals surface area contributed by atoms with Crippen molar-refractivity contribution in [2.45, 2.75) is 26.2 Å². The average Bonchev–Trinajstić information content (AvgIpc) is 2.32. The Balaban J connectivity index is 1.94. The van der Waals surface area contributed by atoms with Crippen LogP contribution < -0.4 is 10.6 Å². The molecule has 3 heteroatoms. The Morgan fingerprint density at radius 1 is 1.28 bits per heavy atom. The van der Waals surface area contributed by atoms with Crippen molar-refractivity contribution in [2.75, 3.05) is 20.1 Å². The lowest BCUT2D eigenvalue weighted by molar-refractivity contribution is 0.0861. The van der Waals surface area contributed by atoms with E-state index >= 15 is 0 Å². The lowest BCUT2D eigenvalue weighted by Gasteiger charge is -2.42. The Morgan fingerprint density at radius 2 is 2.00 bits per heavy atom. The second-order valence-electron chi connectivity index (χ2n) is 5.38. The van der Waals surface area contributed by atoms with Gasteiger partial charge >= 0.3 is 0 Å². The number of benzene rings is 1. The Bertz CT molecular complexity index is 424. The van der Waals surface area contributed by atoms with Crippen molar-refractivity contribution in [3.63, 3.8) is 0 Å². The van der Waals surface area contributed by atoms with Crippen LogP contribution in [0.5, 0.6) is 0 Å².